The number of benzene rings is 1. The van der Waals surface area contributed by atoms with Crippen molar-refractivity contribution in [2.45, 2.75) is 17.6 Å². The number of carbonyl (C=O) groups is 1. The summed E-state index contributed by atoms with van der Waals surface area (Å²) >= 11 is 1.60. The Bertz CT molecular complexity index is 592. The number of nitrogens with two attached hydrogens (primary N) is 1. The van der Waals surface area contributed by atoms with Crippen LogP contribution in [0.2, 0.25) is 0 Å². The average Bonchev–Trinajstić information content (AvgIpc) is 2.77. The molecule has 2 rings (SSSR count). The SMILES string of the molecule is COC(=O)c1cc(CSc2cccc(N)c2)oc1C. The van der Waals surface area contributed by atoms with Crippen LogP contribution in [0.15, 0.2) is 39.6 Å². The van der Waals surface area contributed by atoms with Crippen molar-refractivity contribution in [3.63, 3.8) is 0 Å². The van der Waals surface area contributed by atoms with Crippen molar-refractivity contribution in [1.29, 1.82) is 0 Å². The summed E-state index contributed by atoms with van der Waals surface area (Å²) in [6.45, 7) is 1.75. The molecule has 0 atom stereocenters. The van der Waals surface area contributed by atoms with Crippen LogP contribution in [0.4, 0.5) is 5.69 Å². The molecular formula is C14H15NO3S. The molecule has 4 nitrogen and oxygen atoms in total. The van der Waals surface area contributed by atoms with Crippen LogP contribution < -0.4 is 5.73 Å². The van der Waals surface area contributed by atoms with Crippen LogP contribution in [0.3, 0.4) is 0 Å². The Morgan fingerprint density at radius 1 is 1.42 bits per heavy atom. The van der Waals surface area contributed by atoms with Gasteiger partial charge in [-0.25, -0.2) is 4.79 Å². The van der Waals surface area contributed by atoms with Gasteiger partial charge in [0.1, 0.15) is 17.1 Å². The first kappa shape index (κ1) is 13.5. The van der Waals surface area contributed by atoms with Gasteiger partial charge < -0.3 is 14.9 Å². The number of anilines is 1. The van der Waals surface area contributed by atoms with E-state index in [0.29, 0.717) is 17.1 Å². The molecule has 0 saturated heterocycles. The molecule has 2 N–H and O–H groups in total. The van der Waals surface area contributed by atoms with E-state index in [1.54, 1.807) is 24.8 Å². The summed E-state index contributed by atoms with van der Waals surface area (Å²) < 4.78 is 10.2. The number of thioether (sulfide) groups is 1. The molecule has 0 aliphatic rings. The minimum atomic E-state index is -0.374. The van der Waals surface area contributed by atoms with E-state index >= 15 is 0 Å². The lowest BCUT2D eigenvalue weighted by Gasteiger charge is -2.00. The molecule has 1 aromatic carbocycles. The zero-order valence-electron chi connectivity index (χ0n) is 10.8. The molecule has 0 spiro atoms. The van der Waals surface area contributed by atoms with Crippen LogP contribution in [0.25, 0.3) is 0 Å². The van der Waals surface area contributed by atoms with E-state index in [4.69, 9.17) is 10.2 Å². The largest absolute Gasteiger partial charge is 0.465 e. The highest BCUT2D eigenvalue weighted by molar-refractivity contribution is 7.98. The third-order valence-corrected chi connectivity index (χ3v) is 3.63. The van der Waals surface area contributed by atoms with Gasteiger partial charge in [0.2, 0.25) is 0 Å². The van der Waals surface area contributed by atoms with Crippen molar-refractivity contribution in [3.8, 4) is 0 Å². The third-order valence-electron chi connectivity index (χ3n) is 2.61. The molecule has 0 aliphatic carbocycles. The fraction of sp³-hybridized carbons (Fsp3) is 0.214. The number of methoxy groups -OCH3 is 1. The molecule has 1 heterocycles. The van der Waals surface area contributed by atoms with E-state index in [9.17, 15) is 4.79 Å². The van der Waals surface area contributed by atoms with Gasteiger partial charge >= 0.3 is 5.97 Å². The van der Waals surface area contributed by atoms with Gasteiger partial charge in [-0.2, -0.15) is 0 Å². The summed E-state index contributed by atoms with van der Waals surface area (Å²) in [5, 5.41) is 0. The number of esters is 1. The van der Waals surface area contributed by atoms with Crippen LogP contribution in [-0.4, -0.2) is 13.1 Å². The normalized spacial score (nSPS) is 10.4. The number of hydrogen-bond acceptors (Lipinski definition) is 5. The molecule has 0 bridgehead atoms. The summed E-state index contributed by atoms with van der Waals surface area (Å²) in [6, 6.07) is 9.36. The summed E-state index contributed by atoms with van der Waals surface area (Å²) in [7, 11) is 1.36. The maximum absolute atomic E-state index is 11.5. The van der Waals surface area contributed by atoms with Crippen molar-refractivity contribution in [2.24, 2.45) is 0 Å². The van der Waals surface area contributed by atoms with Crippen LogP contribution in [0, 0.1) is 6.92 Å². The highest BCUT2D eigenvalue weighted by Crippen LogP contribution is 2.26. The minimum absolute atomic E-state index is 0.374. The van der Waals surface area contributed by atoms with E-state index in [0.717, 1.165) is 16.3 Å². The van der Waals surface area contributed by atoms with Crippen molar-refractivity contribution < 1.29 is 13.9 Å². The van der Waals surface area contributed by atoms with Gasteiger partial charge in [0.05, 0.1) is 12.9 Å². The third kappa shape index (κ3) is 3.32. The first-order valence-corrected chi connectivity index (χ1v) is 6.74. The fourth-order valence-electron chi connectivity index (χ4n) is 1.69. The number of rotatable bonds is 4. The van der Waals surface area contributed by atoms with Crippen molar-refractivity contribution in [1.82, 2.24) is 0 Å². The Kier molecular flexibility index (Phi) is 4.16. The summed E-state index contributed by atoms with van der Waals surface area (Å²) in [4.78, 5) is 12.5. The highest BCUT2D eigenvalue weighted by atomic mass is 32.2. The lowest BCUT2D eigenvalue weighted by molar-refractivity contribution is 0.0599. The van der Waals surface area contributed by atoms with Gasteiger partial charge in [-0.1, -0.05) is 6.07 Å². The van der Waals surface area contributed by atoms with E-state index in [2.05, 4.69) is 4.74 Å². The number of furan rings is 1. The van der Waals surface area contributed by atoms with E-state index < -0.39 is 0 Å². The number of carbonyl (C=O) groups excluding carboxylic acids is 1. The molecule has 0 radical (unpaired) electrons. The molecule has 0 amide bonds. The van der Waals surface area contributed by atoms with E-state index in [1.165, 1.54) is 7.11 Å². The van der Waals surface area contributed by atoms with Crippen LogP contribution >= 0.6 is 11.8 Å². The summed E-state index contributed by atoms with van der Waals surface area (Å²) in [6.07, 6.45) is 0. The van der Waals surface area contributed by atoms with Crippen LogP contribution in [0.5, 0.6) is 0 Å². The van der Waals surface area contributed by atoms with Crippen molar-refractivity contribution >= 4 is 23.4 Å². The predicted octanol–water partition coefficient (Wildman–Crippen LogP) is 3.25. The number of ether oxygens (including phenoxy) is 1. The van der Waals surface area contributed by atoms with Gasteiger partial charge in [-0.15, -0.1) is 11.8 Å². The molecule has 5 heteroatoms. The quantitative estimate of drug-likeness (QED) is 0.528. The van der Waals surface area contributed by atoms with Gasteiger partial charge in [0.25, 0.3) is 0 Å². The van der Waals surface area contributed by atoms with E-state index in [-0.39, 0.29) is 5.97 Å². The van der Waals surface area contributed by atoms with Crippen LogP contribution in [-0.2, 0) is 10.5 Å². The molecule has 0 aliphatic heterocycles. The Morgan fingerprint density at radius 2 is 2.21 bits per heavy atom. The van der Waals surface area contributed by atoms with E-state index in [1.807, 2.05) is 24.3 Å². The van der Waals surface area contributed by atoms with Gasteiger partial charge in [-0.3, -0.25) is 0 Å². The molecule has 2 aromatic rings. The van der Waals surface area contributed by atoms with Gasteiger partial charge in [0, 0.05) is 10.6 Å². The molecular weight excluding hydrogens is 262 g/mol. The second-order valence-electron chi connectivity index (χ2n) is 4.04. The van der Waals surface area contributed by atoms with Gasteiger partial charge in [0.15, 0.2) is 0 Å². The lowest BCUT2D eigenvalue weighted by atomic mass is 10.2. The second-order valence-corrected chi connectivity index (χ2v) is 5.08. The maximum Gasteiger partial charge on any atom is 0.341 e. The maximum atomic E-state index is 11.5. The fourth-order valence-corrected chi connectivity index (χ4v) is 2.53. The summed E-state index contributed by atoms with van der Waals surface area (Å²) in [5.41, 5.74) is 6.93. The first-order chi connectivity index (χ1) is 9.10. The standard InChI is InChI=1S/C14H15NO3S/c1-9-13(14(16)17-2)7-11(18-9)8-19-12-5-3-4-10(15)6-12/h3-7H,8,15H2,1-2H3. The monoisotopic (exact) mass is 277 g/mol. The molecule has 0 fully saturated rings. The topological polar surface area (TPSA) is 65.5 Å². The average molecular weight is 277 g/mol. The van der Waals surface area contributed by atoms with Crippen molar-refractivity contribution in [2.75, 3.05) is 12.8 Å². The van der Waals surface area contributed by atoms with Crippen molar-refractivity contribution in [3.05, 3.63) is 47.4 Å². The Labute approximate surface area is 115 Å². The molecule has 100 valence electrons. The molecule has 0 unspecified atom stereocenters. The minimum Gasteiger partial charge on any atom is -0.465 e. The zero-order chi connectivity index (χ0) is 13.8. The molecule has 1 aromatic heterocycles. The lowest BCUT2D eigenvalue weighted by Crippen LogP contribution is -2.00. The number of nitrogen functional groups attached to an aromatic ring is 1. The second kappa shape index (κ2) is 5.84. The molecule has 19 heavy (non-hydrogen) atoms. The first-order valence-electron chi connectivity index (χ1n) is 5.76. The Balaban J connectivity index is 2.06. The predicted molar refractivity (Wildman–Crippen MR) is 75.2 cm³/mol. The summed E-state index contributed by atoms with van der Waals surface area (Å²) in [5.74, 6) is 1.59. The smallest absolute Gasteiger partial charge is 0.341 e. The van der Waals surface area contributed by atoms with Crippen LogP contribution in [0.1, 0.15) is 21.9 Å². The van der Waals surface area contributed by atoms with Gasteiger partial charge in [-0.05, 0) is 31.2 Å². The Hall–Kier alpha value is -1.88. The highest BCUT2D eigenvalue weighted by Gasteiger charge is 2.15. The zero-order valence-corrected chi connectivity index (χ0v) is 11.6. The Morgan fingerprint density at radius 3 is 2.89 bits per heavy atom. The number of hydrogen-bond donors (Lipinski definition) is 1. The molecule has 0 saturated carbocycles. The number of aryl methyl sites for hydroxylation is 1.